The predicted octanol–water partition coefficient (Wildman–Crippen LogP) is 2.39. The molecule has 2 aromatic carbocycles. The van der Waals surface area contributed by atoms with Gasteiger partial charge >= 0.3 is 0 Å². The molecule has 6 heteroatoms. The number of hydrogen-bond acceptors (Lipinski definition) is 5. The molecule has 0 radical (unpaired) electrons. The van der Waals surface area contributed by atoms with E-state index in [-0.39, 0.29) is 19.3 Å². The van der Waals surface area contributed by atoms with Gasteiger partial charge in [-0.25, -0.2) is 0 Å². The Morgan fingerprint density at radius 2 is 2.00 bits per heavy atom. The van der Waals surface area contributed by atoms with Crippen molar-refractivity contribution in [1.82, 2.24) is 5.32 Å². The van der Waals surface area contributed by atoms with Gasteiger partial charge in [0.25, 0.3) is 5.91 Å². The van der Waals surface area contributed by atoms with Gasteiger partial charge in [0.1, 0.15) is 0 Å². The molecule has 0 spiro atoms. The second-order valence-corrected chi connectivity index (χ2v) is 5.38. The Balaban J connectivity index is 1.40. The van der Waals surface area contributed by atoms with E-state index in [0.717, 1.165) is 11.1 Å². The van der Waals surface area contributed by atoms with Crippen molar-refractivity contribution in [3.05, 3.63) is 59.2 Å². The van der Waals surface area contributed by atoms with Gasteiger partial charge in [0, 0.05) is 12.1 Å². The lowest BCUT2D eigenvalue weighted by molar-refractivity contribution is -0.125. The van der Waals surface area contributed by atoms with Crippen LogP contribution >= 0.6 is 0 Å². The maximum absolute atomic E-state index is 11.7. The van der Waals surface area contributed by atoms with Crippen LogP contribution in [0.3, 0.4) is 0 Å². The third-order valence-corrected chi connectivity index (χ3v) is 3.48. The Labute approximate surface area is 140 Å². The normalized spacial score (nSPS) is 12.4. The fourth-order valence-electron chi connectivity index (χ4n) is 2.15. The second kappa shape index (κ2) is 7.50. The lowest BCUT2D eigenvalue weighted by atomic mass is 10.1. The highest BCUT2D eigenvalue weighted by atomic mass is 16.7. The number of ether oxygens (including phenoxy) is 2. The number of carbonyl (C=O) groups excluding carboxylic acids is 1. The number of benzene rings is 2. The highest BCUT2D eigenvalue weighted by Crippen LogP contribution is 2.31. The monoisotopic (exact) mass is 326 g/mol. The Kier molecular flexibility index (Phi) is 4.96. The number of aryl methyl sites for hydroxylation is 1. The molecule has 0 fully saturated rings. The van der Waals surface area contributed by atoms with E-state index in [4.69, 9.17) is 14.3 Å². The predicted molar refractivity (Wildman–Crippen MR) is 89.1 cm³/mol. The number of oxime groups is 1. The van der Waals surface area contributed by atoms with Crippen molar-refractivity contribution in [3.8, 4) is 11.5 Å². The summed E-state index contributed by atoms with van der Waals surface area (Å²) in [5, 5.41) is 6.57. The van der Waals surface area contributed by atoms with E-state index in [1.54, 1.807) is 12.1 Å². The summed E-state index contributed by atoms with van der Waals surface area (Å²) in [5.74, 6) is 1.16. The van der Waals surface area contributed by atoms with E-state index in [2.05, 4.69) is 10.5 Å². The van der Waals surface area contributed by atoms with Crippen molar-refractivity contribution in [2.45, 2.75) is 13.5 Å². The quantitative estimate of drug-likeness (QED) is 0.654. The van der Waals surface area contributed by atoms with Crippen LogP contribution in [0.15, 0.2) is 47.6 Å². The van der Waals surface area contributed by atoms with Crippen LogP contribution < -0.4 is 14.8 Å². The van der Waals surface area contributed by atoms with E-state index < -0.39 is 0 Å². The number of rotatable bonds is 6. The zero-order valence-corrected chi connectivity index (χ0v) is 13.3. The van der Waals surface area contributed by atoms with Crippen LogP contribution in [0.1, 0.15) is 16.7 Å². The molecule has 0 aliphatic carbocycles. The Bertz CT molecular complexity index is 741. The Morgan fingerprint density at radius 1 is 1.21 bits per heavy atom. The van der Waals surface area contributed by atoms with Crippen molar-refractivity contribution >= 4 is 12.1 Å². The van der Waals surface area contributed by atoms with Crippen LogP contribution in [0.2, 0.25) is 0 Å². The van der Waals surface area contributed by atoms with Crippen molar-refractivity contribution in [2.24, 2.45) is 5.16 Å². The summed E-state index contributed by atoms with van der Waals surface area (Å²) in [6.45, 7) is 2.59. The zero-order valence-electron chi connectivity index (χ0n) is 13.3. The summed E-state index contributed by atoms with van der Waals surface area (Å²) >= 11 is 0. The minimum absolute atomic E-state index is 0.132. The number of nitrogens with zero attached hydrogens (tertiary/aromatic N) is 1. The Morgan fingerprint density at radius 3 is 2.83 bits per heavy atom. The first kappa shape index (κ1) is 15.9. The first-order chi connectivity index (χ1) is 11.7. The topological polar surface area (TPSA) is 69.2 Å². The summed E-state index contributed by atoms with van der Waals surface area (Å²) in [7, 11) is 0. The van der Waals surface area contributed by atoms with E-state index >= 15 is 0 Å². The van der Waals surface area contributed by atoms with Crippen molar-refractivity contribution in [3.63, 3.8) is 0 Å². The molecule has 3 rings (SSSR count). The molecular weight excluding hydrogens is 308 g/mol. The largest absolute Gasteiger partial charge is 0.454 e. The minimum Gasteiger partial charge on any atom is -0.454 e. The summed E-state index contributed by atoms with van der Waals surface area (Å²) in [4.78, 5) is 16.7. The standard InChI is InChI=1S/C18H18N2O4/c1-13-2-4-14(5-3-13)9-19-18(21)11-24-20-10-15-6-7-16-17(8-15)23-12-22-16/h2-8,10H,9,11-12H2,1H3,(H,19,21). The molecule has 0 atom stereocenters. The molecule has 124 valence electrons. The fraction of sp³-hybridized carbons (Fsp3) is 0.222. The summed E-state index contributed by atoms with van der Waals surface area (Å²) in [6, 6.07) is 13.4. The fourth-order valence-corrected chi connectivity index (χ4v) is 2.15. The van der Waals surface area contributed by atoms with Crippen LogP contribution in [-0.4, -0.2) is 25.5 Å². The van der Waals surface area contributed by atoms with Crippen molar-refractivity contribution in [1.29, 1.82) is 0 Å². The van der Waals surface area contributed by atoms with Gasteiger partial charge in [-0.2, -0.15) is 0 Å². The highest BCUT2D eigenvalue weighted by molar-refractivity contribution is 5.81. The number of hydrogen-bond donors (Lipinski definition) is 1. The molecule has 1 N–H and O–H groups in total. The van der Waals surface area contributed by atoms with Gasteiger partial charge in [0.15, 0.2) is 18.1 Å². The van der Waals surface area contributed by atoms with Gasteiger partial charge in [-0.3, -0.25) is 4.79 Å². The molecule has 1 heterocycles. The van der Waals surface area contributed by atoms with Crippen LogP contribution in [-0.2, 0) is 16.2 Å². The van der Waals surface area contributed by atoms with Gasteiger partial charge < -0.3 is 19.6 Å². The molecule has 1 aliphatic rings. The highest BCUT2D eigenvalue weighted by Gasteiger charge is 2.12. The van der Waals surface area contributed by atoms with Gasteiger partial charge in [-0.05, 0) is 30.7 Å². The molecule has 24 heavy (non-hydrogen) atoms. The first-order valence-electron chi connectivity index (χ1n) is 7.58. The number of carbonyl (C=O) groups is 1. The maximum Gasteiger partial charge on any atom is 0.261 e. The summed E-state index contributed by atoms with van der Waals surface area (Å²) in [5.41, 5.74) is 3.03. The van der Waals surface area contributed by atoms with E-state index in [1.165, 1.54) is 11.8 Å². The Hall–Kier alpha value is -3.02. The molecule has 0 saturated heterocycles. The smallest absolute Gasteiger partial charge is 0.261 e. The SMILES string of the molecule is Cc1ccc(CNC(=O)CON=Cc2ccc3c(c2)OCO3)cc1. The van der Waals surface area contributed by atoms with E-state index in [1.807, 2.05) is 37.3 Å². The molecule has 0 aromatic heterocycles. The van der Waals surface area contributed by atoms with E-state index in [0.29, 0.717) is 18.0 Å². The molecule has 0 unspecified atom stereocenters. The number of amides is 1. The minimum atomic E-state index is -0.224. The van der Waals surface area contributed by atoms with Gasteiger partial charge in [-0.15, -0.1) is 0 Å². The second-order valence-electron chi connectivity index (χ2n) is 5.38. The average molecular weight is 326 g/mol. The molecule has 1 aliphatic heterocycles. The molecule has 0 bridgehead atoms. The van der Waals surface area contributed by atoms with Crippen LogP contribution in [0, 0.1) is 6.92 Å². The summed E-state index contributed by atoms with van der Waals surface area (Å²) in [6.07, 6.45) is 1.52. The lowest BCUT2D eigenvalue weighted by Crippen LogP contribution is -2.26. The van der Waals surface area contributed by atoms with Crippen molar-refractivity contribution in [2.75, 3.05) is 13.4 Å². The molecule has 2 aromatic rings. The average Bonchev–Trinajstić information content (AvgIpc) is 3.06. The molecule has 6 nitrogen and oxygen atoms in total. The molecule has 0 saturated carbocycles. The third kappa shape index (κ3) is 4.25. The maximum atomic E-state index is 11.7. The zero-order chi connectivity index (χ0) is 16.8. The van der Waals surface area contributed by atoms with Gasteiger partial charge in [-0.1, -0.05) is 35.0 Å². The molecular formula is C18H18N2O4. The van der Waals surface area contributed by atoms with E-state index in [9.17, 15) is 4.79 Å². The number of fused-ring (bicyclic) bond motifs is 1. The lowest BCUT2D eigenvalue weighted by Gasteiger charge is -2.05. The van der Waals surface area contributed by atoms with Crippen LogP contribution in [0.5, 0.6) is 11.5 Å². The van der Waals surface area contributed by atoms with Gasteiger partial charge in [0.2, 0.25) is 6.79 Å². The van der Waals surface area contributed by atoms with Crippen LogP contribution in [0.4, 0.5) is 0 Å². The van der Waals surface area contributed by atoms with Crippen LogP contribution in [0.25, 0.3) is 0 Å². The third-order valence-electron chi connectivity index (χ3n) is 3.48. The van der Waals surface area contributed by atoms with Gasteiger partial charge in [0.05, 0.1) is 6.21 Å². The molecule has 1 amide bonds. The summed E-state index contributed by atoms with van der Waals surface area (Å²) < 4.78 is 10.5. The number of nitrogens with one attached hydrogen (secondary N) is 1. The van der Waals surface area contributed by atoms with Crippen molar-refractivity contribution < 1.29 is 19.1 Å². The first-order valence-corrected chi connectivity index (χ1v) is 7.58.